The number of aliphatic hydroxyl groups is 1. The van der Waals surface area contributed by atoms with E-state index in [1.165, 1.54) is 12.1 Å². The summed E-state index contributed by atoms with van der Waals surface area (Å²) in [6.07, 6.45) is 5.04. The maximum Gasteiger partial charge on any atom is 0.220 e. The number of phenolic OH excluding ortho intramolecular Hbond substituents is 2. The molecule has 0 spiro atoms. The van der Waals surface area contributed by atoms with E-state index < -0.39 is 0 Å². The molecular formula is C17H26N2O4. The summed E-state index contributed by atoms with van der Waals surface area (Å²) in [6, 6.07) is 4.15. The molecule has 1 aromatic carbocycles. The maximum atomic E-state index is 11.7. The molecule has 128 valence electrons. The zero-order valence-corrected chi connectivity index (χ0v) is 13.5. The topological polar surface area (TPSA) is 116 Å². The third kappa shape index (κ3) is 7.06. The van der Waals surface area contributed by atoms with Gasteiger partial charge in [-0.1, -0.05) is 12.5 Å². The Morgan fingerprint density at radius 1 is 1.30 bits per heavy atom. The SMILES string of the molecule is CC(C/C=C(\N)c1ccc(O)cc1O)NC(=O)CCCCCO. The third-order valence-corrected chi connectivity index (χ3v) is 3.45. The van der Waals surface area contributed by atoms with E-state index in [1.54, 1.807) is 12.1 Å². The standard InChI is InChI=1S/C17H26N2O4/c1-12(19-17(23)5-3-2-4-10-20)6-9-15(18)14-8-7-13(21)11-16(14)22/h7-9,11-12,20-22H,2-6,10,18H2,1H3,(H,19,23)/b15-9-. The molecule has 1 amide bonds. The highest BCUT2D eigenvalue weighted by Gasteiger charge is 2.08. The Labute approximate surface area is 136 Å². The summed E-state index contributed by atoms with van der Waals surface area (Å²) in [5, 5.41) is 30.6. The van der Waals surface area contributed by atoms with Gasteiger partial charge in [0, 0.05) is 36.4 Å². The van der Waals surface area contributed by atoms with Crippen LogP contribution in [0.1, 0.15) is 44.6 Å². The fourth-order valence-electron chi connectivity index (χ4n) is 2.16. The lowest BCUT2D eigenvalue weighted by Gasteiger charge is -2.13. The Bertz CT molecular complexity index is 543. The number of amides is 1. The molecule has 1 atom stereocenters. The highest BCUT2D eigenvalue weighted by Crippen LogP contribution is 2.26. The van der Waals surface area contributed by atoms with Crippen molar-refractivity contribution in [2.24, 2.45) is 5.73 Å². The van der Waals surface area contributed by atoms with Crippen LogP contribution in [0.2, 0.25) is 0 Å². The Balaban J connectivity index is 2.44. The van der Waals surface area contributed by atoms with Crippen molar-refractivity contribution in [1.82, 2.24) is 5.32 Å². The van der Waals surface area contributed by atoms with Crippen molar-refractivity contribution in [3.05, 3.63) is 29.8 Å². The average Bonchev–Trinajstić information content (AvgIpc) is 2.49. The minimum absolute atomic E-state index is 0.0186. The number of unbranched alkanes of at least 4 members (excludes halogenated alkanes) is 2. The van der Waals surface area contributed by atoms with Gasteiger partial charge in [-0.2, -0.15) is 0 Å². The van der Waals surface area contributed by atoms with Crippen LogP contribution in [0.3, 0.4) is 0 Å². The molecule has 6 N–H and O–H groups in total. The van der Waals surface area contributed by atoms with Gasteiger partial charge in [0.1, 0.15) is 11.5 Å². The van der Waals surface area contributed by atoms with Crippen molar-refractivity contribution in [3.63, 3.8) is 0 Å². The number of rotatable bonds is 9. The van der Waals surface area contributed by atoms with Crippen molar-refractivity contribution in [2.45, 2.75) is 45.1 Å². The van der Waals surface area contributed by atoms with E-state index in [2.05, 4.69) is 5.32 Å². The Kier molecular flexibility index (Phi) is 7.97. The Morgan fingerprint density at radius 3 is 2.70 bits per heavy atom. The quantitative estimate of drug-likeness (QED) is 0.445. The monoisotopic (exact) mass is 322 g/mol. The molecule has 0 radical (unpaired) electrons. The minimum Gasteiger partial charge on any atom is -0.508 e. The van der Waals surface area contributed by atoms with Gasteiger partial charge in [0.15, 0.2) is 0 Å². The van der Waals surface area contributed by atoms with Crippen molar-refractivity contribution in [3.8, 4) is 11.5 Å². The van der Waals surface area contributed by atoms with E-state index in [0.717, 1.165) is 19.3 Å². The molecule has 1 rings (SSSR count). The number of benzene rings is 1. The van der Waals surface area contributed by atoms with E-state index in [9.17, 15) is 15.0 Å². The fraction of sp³-hybridized carbons (Fsp3) is 0.471. The number of nitrogens with one attached hydrogen (secondary N) is 1. The van der Waals surface area contributed by atoms with Crippen LogP contribution in [0.5, 0.6) is 11.5 Å². The van der Waals surface area contributed by atoms with Crippen molar-refractivity contribution < 1.29 is 20.1 Å². The molecule has 6 heteroatoms. The van der Waals surface area contributed by atoms with Gasteiger partial charge in [-0.25, -0.2) is 0 Å². The van der Waals surface area contributed by atoms with Gasteiger partial charge in [0.2, 0.25) is 5.91 Å². The van der Waals surface area contributed by atoms with Crippen molar-refractivity contribution in [1.29, 1.82) is 0 Å². The summed E-state index contributed by atoms with van der Waals surface area (Å²) in [6.45, 7) is 2.04. The van der Waals surface area contributed by atoms with E-state index in [1.807, 2.05) is 6.92 Å². The maximum absolute atomic E-state index is 11.7. The Morgan fingerprint density at radius 2 is 2.04 bits per heavy atom. The number of carbonyl (C=O) groups is 1. The zero-order chi connectivity index (χ0) is 17.2. The van der Waals surface area contributed by atoms with Crippen LogP contribution < -0.4 is 11.1 Å². The Hall–Kier alpha value is -2.21. The number of hydrogen-bond donors (Lipinski definition) is 5. The van der Waals surface area contributed by atoms with E-state index in [0.29, 0.717) is 24.1 Å². The molecule has 0 aromatic heterocycles. The van der Waals surface area contributed by atoms with Crippen molar-refractivity contribution in [2.75, 3.05) is 6.61 Å². The molecule has 0 saturated carbocycles. The van der Waals surface area contributed by atoms with Crippen LogP contribution in [0, 0.1) is 0 Å². The second kappa shape index (κ2) is 9.74. The molecule has 0 fully saturated rings. The summed E-state index contributed by atoms with van der Waals surface area (Å²) >= 11 is 0. The molecule has 0 aliphatic carbocycles. The molecule has 1 aromatic rings. The summed E-state index contributed by atoms with van der Waals surface area (Å²) in [4.78, 5) is 11.7. The first-order chi connectivity index (χ1) is 10.9. The normalized spacial score (nSPS) is 12.9. The third-order valence-electron chi connectivity index (χ3n) is 3.45. The van der Waals surface area contributed by atoms with Gasteiger partial charge in [0.05, 0.1) is 0 Å². The van der Waals surface area contributed by atoms with Crippen LogP contribution >= 0.6 is 0 Å². The van der Waals surface area contributed by atoms with Crippen LogP contribution in [0.15, 0.2) is 24.3 Å². The predicted molar refractivity (Wildman–Crippen MR) is 89.7 cm³/mol. The highest BCUT2D eigenvalue weighted by atomic mass is 16.3. The number of aliphatic hydroxyl groups excluding tert-OH is 1. The number of hydrogen-bond acceptors (Lipinski definition) is 5. The predicted octanol–water partition coefficient (Wildman–Crippen LogP) is 1.84. The van der Waals surface area contributed by atoms with E-state index in [-0.39, 0.29) is 30.1 Å². The molecule has 1 unspecified atom stereocenters. The van der Waals surface area contributed by atoms with Crippen LogP contribution in [0.25, 0.3) is 5.70 Å². The summed E-state index contributed by atoms with van der Waals surface area (Å²) in [5.74, 6) is -0.130. The summed E-state index contributed by atoms with van der Waals surface area (Å²) < 4.78 is 0. The first kappa shape index (κ1) is 18.8. The zero-order valence-electron chi connectivity index (χ0n) is 13.5. The molecule has 0 aliphatic rings. The van der Waals surface area contributed by atoms with Gasteiger partial charge in [0.25, 0.3) is 0 Å². The lowest BCUT2D eigenvalue weighted by Crippen LogP contribution is -2.32. The fourth-order valence-corrected chi connectivity index (χ4v) is 2.16. The highest BCUT2D eigenvalue weighted by molar-refractivity contribution is 5.76. The first-order valence-corrected chi connectivity index (χ1v) is 7.82. The second-order valence-corrected chi connectivity index (χ2v) is 5.60. The van der Waals surface area contributed by atoms with Crippen LogP contribution in [-0.4, -0.2) is 33.9 Å². The van der Waals surface area contributed by atoms with Gasteiger partial charge >= 0.3 is 0 Å². The molecule has 23 heavy (non-hydrogen) atoms. The number of aromatic hydroxyl groups is 2. The molecular weight excluding hydrogens is 296 g/mol. The molecule has 6 nitrogen and oxygen atoms in total. The largest absolute Gasteiger partial charge is 0.508 e. The number of nitrogens with two attached hydrogens (primary N) is 1. The van der Waals surface area contributed by atoms with Crippen molar-refractivity contribution >= 4 is 11.6 Å². The molecule has 0 aliphatic heterocycles. The average molecular weight is 322 g/mol. The minimum atomic E-state index is -0.0840. The lowest BCUT2D eigenvalue weighted by atomic mass is 10.1. The van der Waals surface area contributed by atoms with Gasteiger partial charge < -0.3 is 26.4 Å². The molecule has 0 bridgehead atoms. The number of carbonyl (C=O) groups excluding carboxylic acids is 1. The second-order valence-electron chi connectivity index (χ2n) is 5.60. The van der Waals surface area contributed by atoms with Gasteiger partial charge in [-0.3, -0.25) is 4.79 Å². The van der Waals surface area contributed by atoms with Crippen LogP contribution in [-0.2, 0) is 4.79 Å². The number of phenols is 2. The van der Waals surface area contributed by atoms with Gasteiger partial charge in [-0.15, -0.1) is 0 Å². The molecule has 0 saturated heterocycles. The van der Waals surface area contributed by atoms with Crippen LogP contribution in [0.4, 0.5) is 0 Å². The van der Waals surface area contributed by atoms with Gasteiger partial charge in [-0.05, 0) is 38.3 Å². The molecule has 0 heterocycles. The lowest BCUT2D eigenvalue weighted by molar-refractivity contribution is -0.121. The summed E-state index contributed by atoms with van der Waals surface area (Å²) in [5.41, 5.74) is 6.77. The smallest absolute Gasteiger partial charge is 0.220 e. The summed E-state index contributed by atoms with van der Waals surface area (Å²) in [7, 11) is 0. The van der Waals surface area contributed by atoms with E-state index in [4.69, 9.17) is 10.8 Å². The first-order valence-electron chi connectivity index (χ1n) is 7.82. The van der Waals surface area contributed by atoms with E-state index >= 15 is 0 Å².